The first-order valence-corrected chi connectivity index (χ1v) is 8.63. The highest BCUT2D eigenvalue weighted by atomic mass is 16.5. The molecule has 0 aliphatic rings. The largest absolute Gasteiger partial charge is 0.497 e. The molecular formula is C20H24N4O. The van der Waals surface area contributed by atoms with Crippen molar-refractivity contribution in [3.05, 3.63) is 54.1 Å². The standard InChI is InChI=1S/C20H24N4O/c1-4-24(5-2)19-17-8-6-7-9-18(17)22-20(23-19)21-14-15-10-12-16(25-3)13-11-15/h6-13H,4-5,14H2,1-3H3,(H,21,22,23). The molecule has 0 radical (unpaired) electrons. The lowest BCUT2D eigenvalue weighted by Crippen LogP contribution is -2.24. The van der Waals surface area contributed by atoms with Gasteiger partial charge in [-0.15, -0.1) is 0 Å². The fourth-order valence-electron chi connectivity index (χ4n) is 2.83. The number of anilines is 2. The molecular weight excluding hydrogens is 312 g/mol. The minimum absolute atomic E-state index is 0.649. The fourth-order valence-corrected chi connectivity index (χ4v) is 2.83. The molecule has 0 spiro atoms. The second kappa shape index (κ2) is 7.83. The van der Waals surface area contributed by atoms with Crippen LogP contribution in [0.1, 0.15) is 19.4 Å². The number of fused-ring (bicyclic) bond motifs is 1. The third kappa shape index (κ3) is 3.82. The van der Waals surface area contributed by atoms with Crippen LogP contribution in [0, 0.1) is 0 Å². The van der Waals surface area contributed by atoms with E-state index in [1.807, 2.05) is 42.5 Å². The van der Waals surface area contributed by atoms with Crippen LogP contribution in [0.2, 0.25) is 0 Å². The average molecular weight is 336 g/mol. The van der Waals surface area contributed by atoms with Crippen LogP contribution < -0.4 is 15.0 Å². The third-order valence-electron chi connectivity index (χ3n) is 4.26. The fraction of sp³-hybridized carbons (Fsp3) is 0.300. The lowest BCUT2D eigenvalue weighted by atomic mass is 10.2. The average Bonchev–Trinajstić information content (AvgIpc) is 2.67. The van der Waals surface area contributed by atoms with Crippen LogP contribution in [0.4, 0.5) is 11.8 Å². The Labute approximate surface area is 148 Å². The van der Waals surface area contributed by atoms with E-state index in [1.54, 1.807) is 7.11 Å². The number of ether oxygens (including phenoxy) is 1. The minimum Gasteiger partial charge on any atom is -0.497 e. The van der Waals surface area contributed by atoms with Crippen molar-refractivity contribution in [1.29, 1.82) is 0 Å². The van der Waals surface area contributed by atoms with Crippen molar-refractivity contribution in [1.82, 2.24) is 9.97 Å². The van der Waals surface area contributed by atoms with Crippen molar-refractivity contribution in [2.75, 3.05) is 30.4 Å². The smallest absolute Gasteiger partial charge is 0.225 e. The Balaban J connectivity index is 1.87. The molecule has 0 saturated heterocycles. The van der Waals surface area contributed by atoms with Gasteiger partial charge in [-0.3, -0.25) is 0 Å². The van der Waals surface area contributed by atoms with Crippen molar-refractivity contribution >= 4 is 22.7 Å². The number of aromatic nitrogens is 2. The Hall–Kier alpha value is -2.82. The van der Waals surface area contributed by atoms with Crippen LogP contribution in [0.3, 0.4) is 0 Å². The molecule has 0 aliphatic heterocycles. The van der Waals surface area contributed by atoms with Crippen LogP contribution in [-0.2, 0) is 6.54 Å². The molecule has 1 heterocycles. The van der Waals surface area contributed by atoms with E-state index in [4.69, 9.17) is 9.72 Å². The summed E-state index contributed by atoms with van der Waals surface area (Å²) in [6.45, 7) is 6.78. The predicted molar refractivity (Wildman–Crippen MR) is 103 cm³/mol. The van der Waals surface area contributed by atoms with E-state index >= 15 is 0 Å². The van der Waals surface area contributed by atoms with Gasteiger partial charge in [-0.2, -0.15) is 4.98 Å². The highest BCUT2D eigenvalue weighted by Crippen LogP contribution is 2.25. The van der Waals surface area contributed by atoms with Crippen molar-refractivity contribution in [2.24, 2.45) is 0 Å². The highest BCUT2D eigenvalue weighted by Gasteiger charge is 2.12. The quantitative estimate of drug-likeness (QED) is 0.704. The van der Waals surface area contributed by atoms with Gasteiger partial charge in [0, 0.05) is 25.0 Å². The van der Waals surface area contributed by atoms with E-state index in [0.29, 0.717) is 12.5 Å². The maximum Gasteiger partial charge on any atom is 0.225 e. The van der Waals surface area contributed by atoms with Gasteiger partial charge in [0.25, 0.3) is 0 Å². The van der Waals surface area contributed by atoms with E-state index < -0.39 is 0 Å². The van der Waals surface area contributed by atoms with Gasteiger partial charge >= 0.3 is 0 Å². The molecule has 130 valence electrons. The van der Waals surface area contributed by atoms with E-state index in [0.717, 1.165) is 41.1 Å². The van der Waals surface area contributed by atoms with E-state index in [-0.39, 0.29) is 0 Å². The lowest BCUT2D eigenvalue weighted by Gasteiger charge is -2.22. The second-order valence-corrected chi connectivity index (χ2v) is 5.76. The van der Waals surface area contributed by atoms with Gasteiger partial charge in [-0.25, -0.2) is 4.98 Å². The number of nitrogens with one attached hydrogen (secondary N) is 1. The number of rotatable bonds is 7. The molecule has 3 aromatic rings. The summed E-state index contributed by atoms with van der Waals surface area (Å²) in [5, 5.41) is 4.43. The summed E-state index contributed by atoms with van der Waals surface area (Å²) in [5.41, 5.74) is 2.11. The molecule has 0 atom stereocenters. The van der Waals surface area contributed by atoms with Crippen LogP contribution in [-0.4, -0.2) is 30.2 Å². The van der Waals surface area contributed by atoms with E-state index in [1.165, 1.54) is 0 Å². The van der Waals surface area contributed by atoms with Gasteiger partial charge in [0.1, 0.15) is 11.6 Å². The molecule has 0 fully saturated rings. The van der Waals surface area contributed by atoms with E-state index in [2.05, 4.69) is 35.1 Å². The van der Waals surface area contributed by atoms with Gasteiger partial charge < -0.3 is 15.0 Å². The van der Waals surface area contributed by atoms with E-state index in [9.17, 15) is 0 Å². The molecule has 1 aromatic heterocycles. The number of methoxy groups -OCH3 is 1. The number of hydrogen-bond acceptors (Lipinski definition) is 5. The minimum atomic E-state index is 0.649. The van der Waals surface area contributed by atoms with Gasteiger partial charge in [0.15, 0.2) is 0 Å². The topological polar surface area (TPSA) is 50.3 Å². The predicted octanol–water partition coefficient (Wildman–Crippen LogP) is 4.10. The summed E-state index contributed by atoms with van der Waals surface area (Å²) >= 11 is 0. The van der Waals surface area contributed by atoms with Gasteiger partial charge in [-0.1, -0.05) is 24.3 Å². The van der Waals surface area contributed by atoms with Gasteiger partial charge in [0.05, 0.1) is 12.6 Å². The molecule has 5 nitrogen and oxygen atoms in total. The van der Waals surface area contributed by atoms with Crippen LogP contribution >= 0.6 is 0 Å². The highest BCUT2D eigenvalue weighted by molar-refractivity contribution is 5.90. The van der Waals surface area contributed by atoms with Crippen LogP contribution in [0.25, 0.3) is 10.9 Å². The summed E-state index contributed by atoms with van der Waals surface area (Å²) < 4.78 is 5.20. The molecule has 25 heavy (non-hydrogen) atoms. The summed E-state index contributed by atoms with van der Waals surface area (Å²) in [6.07, 6.45) is 0. The van der Waals surface area contributed by atoms with Crippen molar-refractivity contribution < 1.29 is 4.74 Å². The zero-order valence-corrected chi connectivity index (χ0v) is 15.0. The Morgan fingerprint density at radius 3 is 2.36 bits per heavy atom. The first-order chi connectivity index (χ1) is 12.2. The van der Waals surface area contributed by atoms with Crippen LogP contribution in [0.15, 0.2) is 48.5 Å². The molecule has 0 bridgehead atoms. The Bertz CT molecular complexity index is 829. The van der Waals surface area contributed by atoms with Gasteiger partial charge in [0.2, 0.25) is 5.95 Å². The summed E-state index contributed by atoms with van der Waals surface area (Å²) in [5.74, 6) is 2.48. The first kappa shape index (κ1) is 17.0. The monoisotopic (exact) mass is 336 g/mol. The Kier molecular flexibility index (Phi) is 5.33. The second-order valence-electron chi connectivity index (χ2n) is 5.76. The first-order valence-electron chi connectivity index (χ1n) is 8.63. The number of nitrogens with zero attached hydrogens (tertiary/aromatic N) is 3. The summed E-state index contributed by atoms with van der Waals surface area (Å²) in [6, 6.07) is 16.1. The van der Waals surface area contributed by atoms with Gasteiger partial charge in [-0.05, 0) is 43.7 Å². The molecule has 0 aliphatic carbocycles. The zero-order valence-electron chi connectivity index (χ0n) is 15.0. The summed E-state index contributed by atoms with van der Waals surface area (Å²) in [7, 11) is 1.67. The number of para-hydroxylation sites is 1. The third-order valence-corrected chi connectivity index (χ3v) is 4.26. The van der Waals surface area contributed by atoms with Crippen LogP contribution in [0.5, 0.6) is 5.75 Å². The number of hydrogen-bond donors (Lipinski definition) is 1. The zero-order chi connectivity index (χ0) is 17.6. The maximum atomic E-state index is 5.20. The summed E-state index contributed by atoms with van der Waals surface area (Å²) in [4.78, 5) is 11.7. The molecule has 2 aromatic carbocycles. The van der Waals surface area contributed by atoms with Crippen molar-refractivity contribution in [3.8, 4) is 5.75 Å². The SMILES string of the molecule is CCN(CC)c1nc(NCc2ccc(OC)cc2)nc2ccccc12. The molecule has 1 N–H and O–H groups in total. The lowest BCUT2D eigenvalue weighted by molar-refractivity contribution is 0.414. The Morgan fingerprint density at radius 1 is 0.960 bits per heavy atom. The normalized spacial score (nSPS) is 10.7. The molecule has 0 amide bonds. The van der Waals surface area contributed by atoms with Crippen molar-refractivity contribution in [2.45, 2.75) is 20.4 Å². The van der Waals surface area contributed by atoms with Crippen molar-refractivity contribution in [3.63, 3.8) is 0 Å². The number of benzene rings is 2. The molecule has 0 unspecified atom stereocenters. The Morgan fingerprint density at radius 2 is 1.68 bits per heavy atom. The molecule has 5 heteroatoms. The maximum absolute atomic E-state index is 5.20. The molecule has 3 rings (SSSR count). The molecule has 0 saturated carbocycles.